The molecule has 2 aromatic heterocycles. The maximum absolute atomic E-state index is 4.45. The summed E-state index contributed by atoms with van der Waals surface area (Å²) in [6.07, 6.45) is 3.58. The first kappa shape index (κ1) is 12.3. The Morgan fingerprint density at radius 3 is 2.95 bits per heavy atom. The number of hydrogen-bond donors (Lipinski definition) is 0. The first-order valence-electron chi connectivity index (χ1n) is 5.71. The molecule has 0 aliphatic carbocycles. The van der Waals surface area contributed by atoms with Gasteiger partial charge in [-0.3, -0.25) is 4.68 Å². The molecule has 0 saturated carbocycles. The van der Waals surface area contributed by atoms with Crippen LogP contribution in [0.25, 0.3) is 11.4 Å². The molecule has 3 rings (SSSR count). The van der Waals surface area contributed by atoms with E-state index in [9.17, 15) is 0 Å². The molecule has 0 unspecified atom stereocenters. The second kappa shape index (κ2) is 5.08. The van der Waals surface area contributed by atoms with Crippen LogP contribution in [0.15, 0.2) is 36.8 Å². The van der Waals surface area contributed by atoms with Crippen LogP contribution in [-0.2, 0) is 13.6 Å². The van der Waals surface area contributed by atoms with Crippen molar-refractivity contribution < 1.29 is 0 Å². The van der Waals surface area contributed by atoms with Gasteiger partial charge < -0.3 is 0 Å². The van der Waals surface area contributed by atoms with Crippen LogP contribution in [0.3, 0.4) is 0 Å². The van der Waals surface area contributed by atoms with E-state index in [4.69, 9.17) is 0 Å². The second-order valence-corrected chi connectivity index (χ2v) is 5.41. The second-order valence-electron chi connectivity index (χ2n) is 4.16. The number of aromatic nitrogens is 6. The van der Waals surface area contributed by atoms with E-state index in [2.05, 4.69) is 49.1 Å². The van der Waals surface area contributed by atoms with Crippen molar-refractivity contribution in [1.29, 1.82) is 0 Å². The van der Waals surface area contributed by atoms with Gasteiger partial charge in [0.25, 0.3) is 0 Å². The minimum absolute atomic E-state index is 0.574. The largest absolute Gasteiger partial charge is 0.255 e. The summed E-state index contributed by atoms with van der Waals surface area (Å²) < 4.78 is 4.60. The summed E-state index contributed by atoms with van der Waals surface area (Å²) in [5.74, 6) is 0.724. The molecule has 0 atom stereocenters. The molecule has 19 heavy (non-hydrogen) atoms. The predicted octanol–water partition coefficient (Wildman–Crippen LogP) is 1.73. The number of aryl methyl sites for hydroxylation is 1. The van der Waals surface area contributed by atoms with Crippen molar-refractivity contribution in [3.63, 3.8) is 0 Å². The third-order valence-electron chi connectivity index (χ3n) is 2.59. The lowest BCUT2D eigenvalue weighted by atomic mass is 10.2. The SMILES string of the molecule is Cn1cc(Cn2cnc(-c3cccc(I)c3)n2)nn1. The van der Waals surface area contributed by atoms with Gasteiger partial charge in [-0.25, -0.2) is 9.67 Å². The fourth-order valence-corrected chi connectivity index (χ4v) is 2.31. The van der Waals surface area contributed by atoms with Crippen molar-refractivity contribution in [3.05, 3.63) is 46.1 Å². The molecule has 1 aromatic carbocycles. The molecule has 0 radical (unpaired) electrons. The van der Waals surface area contributed by atoms with Crippen molar-refractivity contribution in [2.75, 3.05) is 0 Å². The summed E-state index contributed by atoms with van der Waals surface area (Å²) in [4.78, 5) is 4.32. The minimum atomic E-state index is 0.574. The van der Waals surface area contributed by atoms with E-state index in [1.165, 1.54) is 3.57 Å². The van der Waals surface area contributed by atoms with Crippen LogP contribution < -0.4 is 0 Å². The van der Waals surface area contributed by atoms with Crippen LogP contribution in [-0.4, -0.2) is 29.8 Å². The molecule has 2 heterocycles. The Balaban J connectivity index is 1.83. The third kappa shape index (κ3) is 2.80. The Hall–Kier alpha value is -1.77. The van der Waals surface area contributed by atoms with E-state index in [1.807, 2.05) is 31.4 Å². The standard InChI is InChI=1S/C12H11IN6/c1-18-6-11(15-17-18)7-19-8-14-12(16-19)9-3-2-4-10(13)5-9/h2-6,8H,7H2,1H3. The van der Waals surface area contributed by atoms with Crippen LogP contribution in [0.4, 0.5) is 0 Å². The zero-order valence-electron chi connectivity index (χ0n) is 10.2. The highest BCUT2D eigenvalue weighted by Crippen LogP contribution is 2.17. The van der Waals surface area contributed by atoms with Crippen molar-refractivity contribution >= 4 is 22.6 Å². The number of rotatable bonds is 3. The van der Waals surface area contributed by atoms with Gasteiger partial charge in [0.05, 0.1) is 6.54 Å². The number of halogens is 1. The Bertz CT molecular complexity index is 702. The van der Waals surface area contributed by atoms with Gasteiger partial charge in [-0.15, -0.1) is 5.10 Å². The van der Waals surface area contributed by atoms with E-state index in [1.54, 1.807) is 15.7 Å². The summed E-state index contributed by atoms with van der Waals surface area (Å²) in [5, 5.41) is 12.4. The highest BCUT2D eigenvalue weighted by atomic mass is 127. The molecule has 0 aliphatic rings. The van der Waals surface area contributed by atoms with Gasteiger partial charge in [0.2, 0.25) is 0 Å². The number of nitrogens with zero attached hydrogens (tertiary/aromatic N) is 6. The molecule has 6 nitrogen and oxygen atoms in total. The van der Waals surface area contributed by atoms with Crippen LogP contribution in [0.2, 0.25) is 0 Å². The van der Waals surface area contributed by atoms with Gasteiger partial charge in [0.15, 0.2) is 5.82 Å². The predicted molar refractivity (Wildman–Crippen MR) is 78.3 cm³/mol. The molecular formula is C12H11IN6. The third-order valence-corrected chi connectivity index (χ3v) is 3.26. The Kier molecular flexibility index (Phi) is 3.28. The monoisotopic (exact) mass is 366 g/mol. The smallest absolute Gasteiger partial charge is 0.181 e. The first-order valence-corrected chi connectivity index (χ1v) is 6.79. The summed E-state index contributed by atoms with van der Waals surface area (Å²) in [6.45, 7) is 0.574. The maximum Gasteiger partial charge on any atom is 0.181 e. The minimum Gasteiger partial charge on any atom is -0.255 e. The lowest BCUT2D eigenvalue weighted by Gasteiger charge is -1.97. The van der Waals surface area contributed by atoms with Crippen LogP contribution in [0, 0.1) is 3.57 Å². The van der Waals surface area contributed by atoms with Crippen LogP contribution >= 0.6 is 22.6 Å². The van der Waals surface area contributed by atoms with Gasteiger partial charge in [0, 0.05) is 22.4 Å². The number of benzene rings is 1. The van der Waals surface area contributed by atoms with Gasteiger partial charge in [-0.05, 0) is 34.7 Å². The van der Waals surface area contributed by atoms with Crippen molar-refractivity contribution in [2.24, 2.45) is 7.05 Å². The Labute approximate surface area is 123 Å². The van der Waals surface area contributed by atoms with E-state index in [0.29, 0.717) is 6.54 Å². The lowest BCUT2D eigenvalue weighted by molar-refractivity contribution is 0.667. The topological polar surface area (TPSA) is 61.4 Å². The van der Waals surface area contributed by atoms with E-state index < -0.39 is 0 Å². The van der Waals surface area contributed by atoms with E-state index in [0.717, 1.165) is 17.1 Å². The molecular weight excluding hydrogens is 355 g/mol. The average Bonchev–Trinajstić information content (AvgIpc) is 2.99. The van der Waals surface area contributed by atoms with Crippen molar-refractivity contribution in [2.45, 2.75) is 6.54 Å². The molecule has 0 N–H and O–H groups in total. The quantitative estimate of drug-likeness (QED) is 0.663. The highest BCUT2D eigenvalue weighted by Gasteiger charge is 2.06. The number of hydrogen-bond acceptors (Lipinski definition) is 4. The molecule has 0 bridgehead atoms. The van der Waals surface area contributed by atoms with E-state index >= 15 is 0 Å². The van der Waals surface area contributed by atoms with Crippen molar-refractivity contribution in [3.8, 4) is 11.4 Å². The summed E-state index contributed by atoms with van der Waals surface area (Å²) >= 11 is 2.28. The highest BCUT2D eigenvalue weighted by molar-refractivity contribution is 14.1. The van der Waals surface area contributed by atoms with Crippen molar-refractivity contribution in [1.82, 2.24) is 29.8 Å². The lowest BCUT2D eigenvalue weighted by Crippen LogP contribution is -2.00. The first-order chi connectivity index (χ1) is 9.20. The average molecular weight is 366 g/mol. The normalized spacial score (nSPS) is 10.8. The molecule has 7 heteroatoms. The van der Waals surface area contributed by atoms with Gasteiger partial charge in [0.1, 0.15) is 12.0 Å². The zero-order valence-corrected chi connectivity index (χ0v) is 12.4. The molecule has 0 aliphatic heterocycles. The molecule has 0 spiro atoms. The van der Waals surface area contributed by atoms with Crippen LogP contribution in [0.5, 0.6) is 0 Å². The van der Waals surface area contributed by atoms with Gasteiger partial charge in [-0.1, -0.05) is 17.3 Å². The zero-order chi connectivity index (χ0) is 13.2. The van der Waals surface area contributed by atoms with E-state index in [-0.39, 0.29) is 0 Å². The molecule has 0 fully saturated rings. The Morgan fingerprint density at radius 2 is 2.21 bits per heavy atom. The molecule has 0 amide bonds. The summed E-state index contributed by atoms with van der Waals surface area (Å²) in [6, 6.07) is 8.10. The van der Waals surface area contributed by atoms with Gasteiger partial charge in [-0.2, -0.15) is 5.10 Å². The molecule has 0 saturated heterocycles. The molecule has 96 valence electrons. The molecule has 3 aromatic rings. The summed E-state index contributed by atoms with van der Waals surface area (Å²) in [7, 11) is 1.84. The fraction of sp³-hybridized carbons (Fsp3) is 0.167. The fourth-order valence-electron chi connectivity index (χ4n) is 1.76. The van der Waals surface area contributed by atoms with Crippen LogP contribution in [0.1, 0.15) is 5.69 Å². The Morgan fingerprint density at radius 1 is 1.32 bits per heavy atom. The summed E-state index contributed by atoms with van der Waals surface area (Å²) in [5.41, 5.74) is 1.88. The van der Waals surface area contributed by atoms with Gasteiger partial charge >= 0.3 is 0 Å². The maximum atomic E-state index is 4.45.